The van der Waals surface area contributed by atoms with Crippen molar-refractivity contribution in [2.24, 2.45) is 0 Å². The Hall–Kier alpha value is -3.26. The van der Waals surface area contributed by atoms with Gasteiger partial charge < -0.3 is 35.4 Å². The molecule has 0 amide bonds. The van der Waals surface area contributed by atoms with Crippen LogP contribution >= 0.6 is 0 Å². The van der Waals surface area contributed by atoms with Crippen molar-refractivity contribution in [3.63, 3.8) is 0 Å². The molecule has 0 radical (unpaired) electrons. The van der Waals surface area contributed by atoms with Crippen LogP contribution in [0.1, 0.15) is 6.92 Å². The van der Waals surface area contributed by atoms with Crippen LogP contribution in [0.3, 0.4) is 0 Å². The third-order valence-electron chi connectivity index (χ3n) is 2.79. The average molecular weight is 383 g/mol. The van der Waals surface area contributed by atoms with E-state index < -0.39 is 60.5 Å². The van der Waals surface area contributed by atoms with Gasteiger partial charge in [0.25, 0.3) is 0 Å². The lowest BCUT2D eigenvalue weighted by Gasteiger charge is -2.21. The van der Waals surface area contributed by atoms with Gasteiger partial charge in [0.15, 0.2) is 0 Å². The lowest BCUT2D eigenvalue weighted by atomic mass is 10.1. The van der Waals surface area contributed by atoms with Crippen LogP contribution in [-0.4, -0.2) is 103 Å². The Labute approximate surface area is 144 Å². The second kappa shape index (κ2) is 10.6. The van der Waals surface area contributed by atoms with Crippen molar-refractivity contribution in [1.29, 1.82) is 0 Å². The SMILES string of the molecule is COC(C(=O)O)(C(=O)O)C(=O)O.C[C@@H](C(=O)O)N(CC(=O)O)CC(=O)O. The largest absolute Gasteiger partial charge is 0.480 e. The Balaban J connectivity index is 0. The van der Waals surface area contributed by atoms with Crippen molar-refractivity contribution in [3.8, 4) is 0 Å². The summed E-state index contributed by atoms with van der Waals surface area (Å²) < 4.78 is 3.92. The monoisotopic (exact) mass is 383 g/mol. The molecule has 0 saturated heterocycles. The molecule has 14 nitrogen and oxygen atoms in total. The molecule has 0 aliphatic carbocycles. The standard InChI is InChI=1S/C7H11NO6.C5H6O7/c1-4(7(13)14)8(2-5(9)10)3-6(11)12;1-12-5(2(6)7,3(8)9)4(10)11/h4H,2-3H2,1H3,(H,9,10)(H,11,12)(H,13,14);1H3,(H,6,7)(H,8,9)(H,10,11)/t4-;/m0./s1. The zero-order chi connectivity index (χ0) is 21.2. The molecule has 0 bridgehead atoms. The molecule has 0 aromatic carbocycles. The van der Waals surface area contributed by atoms with Gasteiger partial charge in [-0.3, -0.25) is 19.3 Å². The summed E-state index contributed by atoms with van der Waals surface area (Å²) in [5.74, 6) is -10.0. The minimum Gasteiger partial charge on any atom is -0.480 e. The highest BCUT2D eigenvalue weighted by Crippen LogP contribution is 2.11. The van der Waals surface area contributed by atoms with Crippen LogP contribution in [0.4, 0.5) is 0 Å². The van der Waals surface area contributed by atoms with E-state index in [4.69, 9.17) is 30.6 Å². The molecule has 14 heteroatoms. The summed E-state index contributed by atoms with van der Waals surface area (Å²) in [6, 6.07) is -1.14. The van der Waals surface area contributed by atoms with E-state index in [1.807, 2.05) is 0 Å². The molecule has 0 unspecified atom stereocenters. The van der Waals surface area contributed by atoms with E-state index in [0.29, 0.717) is 7.11 Å². The Kier molecular flexibility index (Phi) is 10.2. The maximum atomic E-state index is 10.5. The Morgan fingerprint density at radius 1 is 0.808 bits per heavy atom. The predicted octanol–water partition coefficient (Wildman–Crippen LogP) is -2.44. The Morgan fingerprint density at radius 3 is 1.23 bits per heavy atom. The van der Waals surface area contributed by atoms with E-state index in [2.05, 4.69) is 4.74 Å². The lowest BCUT2D eigenvalue weighted by Crippen LogP contribution is -2.55. The van der Waals surface area contributed by atoms with Gasteiger partial charge in [-0.15, -0.1) is 0 Å². The maximum absolute atomic E-state index is 10.5. The number of rotatable bonds is 10. The molecule has 148 valence electrons. The molecule has 0 heterocycles. The molecule has 6 N–H and O–H groups in total. The summed E-state index contributed by atoms with van der Waals surface area (Å²) in [5.41, 5.74) is -3.21. The van der Waals surface area contributed by atoms with Crippen molar-refractivity contribution < 1.29 is 64.1 Å². The summed E-state index contributed by atoms with van der Waals surface area (Å²) in [6.45, 7) is 0.00769. The number of hydrogen-bond acceptors (Lipinski definition) is 8. The van der Waals surface area contributed by atoms with Crippen molar-refractivity contribution in [3.05, 3.63) is 0 Å². The van der Waals surface area contributed by atoms with Crippen molar-refractivity contribution >= 4 is 35.8 Å². The molecular weight excluding hydrogens is 366 g/mol. The quantitative estimate of drug-likeness (QED) is 0.215. The Bertz CT molecular complexity index is 532. The smallest absolute Gasteiger partial charge is 0.360 e. The van der Waals surface area contributed by atoms with Gasteiger partial charge in [-0.25, -0.2) is 14.4 Å². The summed E-state index contributed by atoms with van der Waals surface area (Å²) >= 11 is 0. The first kappa shape index (κ1) is 25.0. The van der Waals surface area contributed by atoms with Crippen LogP contribution < -0.4 is 0 Å². The first-order valence-corrected chi connectivity index (χ1v) is 6.39. The molecule has 26 heavy (non-hydrogen) atoms. The van der Waals surface area contributed by atoms with Gasteiger partial charge in [0.1, 0.15) is 6.04 Å². The molecule has 0 aliphatic rings. The number of carboxylic acids is 6. The van der Waals surface area contributed by atoms with Crippen molar-refractivity contribution in [2.45, 2.75) is 18.6 Å². The number of aliphatic carboxylic acids is 6. The van der Waals surface area contributed by atoms with Crippen LogP contribution in [0.15, 0.2) is 0 Å². The van der Waals surface area contributed by atoms with Gasteiger partial charge in [0.2, 0.25) is 0 Å². The number of methoxy groups -OCH3 is 1. The van der Waals surface area contributed by atoms with E-state index in [1.54, 1.807) is 0 Å². The molecule has 0 fully saturated rings. The summed E-state index contributed by atoms with van der Waals surface area (Å²) in [4.78, 5) is 62.6. The molecule has 0 spiro atoms. The van der Waals surface area contributed by atoms with Crippen molar-refractivity contribution in [2.75, 3.05) is 20.2 Å². The first-order valence-electron chi connectivity index (χ1n) is 6.39. The minimum absolute atomic E-state index is 0.611. The summed E-state index contributed by atoms with van der Waals surface area (Å²) in [5, 5.41) is 50.2. The third kappa shape index (κ3) is 7.10. The van der Waals surface area contributed by atoms with Gasteiger partial charge >= 0.3 is 41.4 Å². The number of hydrogen-bond donors (Lipinski definition) is 6. The Morgan fingerprint density at radius 2 is 1.12 bits per heavy atom. The van der Waals surface area contributed by atoms with Crippen LogP contribution in [-0.2, 0) is 33.5 Å². The first-order chi connectivity index (χ1) is 11.7. The highest BCUT2D eigenvalue weighted by molar-refractivity contribution is 6.20. The maximum Gasteiger partial charge on any atom is 0.360 e. The van der Waals surface area contributed by atoms with Crippen LogP contribution in [0.2, 0.25) is 0 Å². The third-order valence-corrected chi connectivity index (χ3v) is 2.79. The van der Waals surface area contributed by atoms with Gasteiger partial charge in [0.05, 0.1) is 13.1 Å². The fourth-order valence-corrected chi connectivity index (χ4v) is 1.37. The lowest BCUT2D eigenvalue weighted by molar-refractivity contribution is -0.190. The van der Waals surface area contributed by atoms with E-state index in [0.717, 1.165) is 4.90 Å². The normalized spacial score (nSPS) is 11.7. The van der Waals surface area contributed by atoms with Crippen LogP contribution in [0.25, 0.3) is 0 Å². The number of carbonyl (C=O) groups is 6. The second-order valence-corrected chi connectivity index (χ2v) is 4.51. The van der Waals surface area contributed by atoms with E-state index in [-0.39, 0.29) is 0 Å². The molecule has 1 atom stereocenters. The van der Waals surface area contributed by atoms with Gasteiger partial charge in [0, 0.05) is 7.11 Å². The summed E-state index contributed by atoms with van der Waals surface area (Å²) in [6.07, 6.45) is 0. The number of carboxylic acid groups (broad SMARTS) is 6. The fourth-order valence-electron chi connectivity index (χ4n) is 1.37. The van der Waals surface area contributed by atoms with Gasteiger partial charge in [-0.05, 0) is 6.92 Å². The molecule has 0 aromatic heterocycles. The van der Waals surface area contributed by atoms with E-state index in [1.165, 1.54) is 6.92 Å². The molecule has 0 aromatic rings. The van der Waals surface area contributed by atoms with Gasteiger partial charge in [-0.2, -0.15) is 0 Å². The van der Waals surface area contributed by atoms with Crippen LogP contribution in [0, 0.1) is 0 Å². The molecule has 0 rings (SSSR count). The van der Waals surface area contributed by atoms with Gasteiger partial charge in [-0.1, -0.05) is 0 Å². The zero-order valence-electron chi connectivity index (χ0n) is 13.5. The molecule has 0 saturated carbocycles. The zero-order valence-corrected chi connectivity index (χ0v) is 13.5. The number of ether oxygens (including phenoxy) is 1. The topological polar surface area (TPSA) is 236 Å². The highest BCUT2D eigenvalue weighted by Gasteiger charge is 2.55. The highest BCUT2D eigenvalue weighted by atomic mass is 16.6. The predicted molar refractivity (Wildman–Crippen MR) is 76.6 cm³/mol. The van der Waals surface area contributed by atoms with Crippen LogP contribution in [0.5, 0.6) is 0 Å². The van der Waals surface area contributed by atoms with E-state index >= 15 is 0 Å². The number of nitrogens with zero attached hydrogens (tertiary/aromatic N) is 1. The molecular formula is C12H17NO13. The second-order valence-electron chi connectivity index (χ2n) is 4.51. The van der Waals surface area contributed by atoms with Crippen molar-refractivity contribution in [1.82, 2.24) is 4.90 Å². The molecule has 0 aliphatic heterocycles. The average Bonchev–Trinajstić information content (AvgIpc) is 2.45. The summed E-state index contributed by atoms with van der Waals surface area (Å²) in [7, 11) is 0.691. The fraction of sp³-hybridized carbons (Fsp3) is 0.500. The van der Waals surface area contributed by atoms with E-state index in [9.17, 15) is 28.8 Å². The minimum atomic E-state index is -3.21.